The summed E-state index contributed by atoms with van der Waals surface area (Å²) >= 11 is 0. The van der Waals surface area contributed by atoms with Gasteiger partial charge in [0.1, 0.15) is 0 Å². The molecule has 4 heterocycles. The second-order valence-electron chi connectivity index (χ2n) is 10.8. The number of anilines is 1. The van der Waals surface area contributed by atoms with E-state index < -0.39 is 27.5 Å². The maximum Gasteiger partial charge on any atom is 0.224 e. The first-order valence-electron chi connectivity index (χ1n) is 12.3. The molecule has 4 saturated heterocycles. The minimum atomic E-state index is -3.45. The molecule has 1 saturated carbocycles. The quantitative estimate of drug-likeness (QED) is 0.618. The predicted molar refractivity (Wildman–Crippen MR) is 124 cm³/mol. The van der Waals surface area contributed by atoms with Crippen molar-refractivity contribution in [3.05, 3.63) is 24.3 Å². The van der Waals surface area contributed by atoms with Crippen LogP contribution in [-0.4, -0.2) is 44.4 Å². The Hall–Kier alpha value is -1.52. The van der Waals surface area contributed by atoms with Crippen LogP contribution in [0.5, 0.6) is 0 Å². The Morgan fingerprint density at radius 3 is 2.65 bits per heavy atom. The highest BCUT2D eigenvalue weighted by molar-refractivity contribution is 7.90. The van der Waals surface area contributed by atoms with Gasteiger partial charge in [-0.2, -0.15) is 0 Å². The second kappa shape index (κ2) is 8.55. The van der Waals surface area contributed by atoms with Gasteiger partial charge in [-0.1, -0.05) is 26.0 Å². The molecular formula is C25H35NO7S. The minimum absolute atomic E-state index is 0.114. The van der Waals surface area contributed by atoms with Crippen LogP contribution in [0.2, 0.25) is 0 Å². The molecule has 2 bridgehead atoms. The lowest BCUT2D eigenvalue weighted by molar-refractivity contribution is -0.571. The van der Waals surface area contributed by atoms with Crippen LogP contribution >= 0.6 is 0 Å². The molecule has 8 nitrogen and oxygen atoms in total. The zero-order valence-electron chi connectivity index (χ0n) is 20.3. The normalized spacial score (nSPS) is 41.4. The van der Waals surface area contributed by atoms with Crippen molar-refractivity contribution in [1.29, 1.82) is 0 Å². The number of rotatable bonds is 5. The van der Waals surface area contributed by atoms with E-state index in [0.717, 1.165) is 31.9 Å². The van der Waals surface area contributed by atoms with E-state index in [1.54, 1.807) is 18.2 Å². The summed E-state index contributed by atoms with van der Waals surface area (Å²) in [5, 5.41) is 2.77. The highest BCUT2D eigenvalue weighted by Gasteiger charge is 2.69. The minimum Gasteiger partial charge on any atom is -0.346 e. The first-order chi connectivity index (χ1) is 16.0. The maximum atomic E-state index is 12.8. The van der Waals surface area contributed by atoms with Gasteiger partial charge in [0.15, 0.2) is 21.7 Å². The molecule has 188 valence electrons. The molecule has 1 aromatic rings. The number of ether oxygens (including phenoxy) is 2. The summed E-state index contributed by atoms with van der Waals surface area (Å²) < 4.78 is 37.0. The summed E-state index contributed by atoms with van der Waals surface area (Å²) in [6.07, 6.45) is 5.04. The third-order valence-corrected chi connectivity index (χ3v) is 9.67. The zero-order valence-corrected chi connectivity index (χ0v) is 21.1. The number of sulfone groups is 1. The fraction of sp³-hybridized carbons (Fsp3) is 0.720. The average molecular weight is 494 g/mol. The molecule has 0 unspecified atom stereocenters. The van der Waals surface area contributed by atoms with E-state index >= 15 is 0 Å². The summed E-state index contributed by atoms with van der Waals surface area (Å²) in [6.45, 7) is 6.36. The van der Waals surface area contributed by atoms with Gasteiger partial charge in [-0.05, 0) is 62.5 Å². The summed E-state index contributed by atoms with van der Waals surface area (Å²) in [4.78, 5) is 24.9. The fourth-order valence-electron chi connectivity index (χ4n) is 6.69. The number of carbonyl (C=O) groups excluding carboxylic acids is 1. The Balaban J connectivity index is 1.31. The lowest BCUT2D eigenvalue weighted by atomic mass is 9.57. The van der Waals surface area contributed by atoms with Crippen LogP contribution in [0.25, 0.3) is 0 Å². The van der Waals surface area contributed by atoms with Crippen LogP contribution < -0.4 is 5.32 Å². The van der Waals surface area contributed by atoms with Crippen molar-refractivity contribution < 1.29 is 32.5 Å². The first kappa shape index (κ1) is 24.2. The Labute approximate surface area is 201 Å². The van der Waals surface area contributed by atoms with Gasteiger partial charge >= 0.3 is 0 Å². The van der Waals surface area contributed by atoms with Gasteiger partial charge < -0.3 is 14.8 Å². The van der Waals surface area contributed by atoms with Gasteiger partial charge in [-0.3, -0.25) is 4.79 Å². The van der Waals surface area contributed by atoms with E-state index in [1.165, 1.54) is 6.07 Å². The smallest absolute Gasteiger partial charge is 0.224 e. The summed E-state index contributed by atoms with van der Waals surface area (Å²) in [5.74, 6) is 0.123. The molecule has 1 aromatic carbocycles. The molecular weight excluding hydrogens is 458 g/mol. The van der Waals surface area contributed by atoms with E-state index in [2.05, 4.69) is 19.2 Å². The topological polar surface area (TPSA) is 100 Å². The van der Waals surface area contributed by atoms with Crippen LogP contribution in [0.4, 0.5) is 5.69 Å². The Kier molecular flexibility index (Phi) is 6.08. The first-order valence-corrected chi connectivity index (χ1v) is 14.2. The molecule has 5 fully saturated rings. The van der Waals surface area contributed by atoms with Crippen molar-refractivity contribution in [2.24, 2.45) is 23.7 Å². The predicted octanol–water partition coefficient (Wildman–Crippen LogP) is 4.06. The Bertz CT molecular complexity index is 1060. The summed E-state index contributed by atoms with van der Waals surface area (Å²) in [6, 6.07) is 6.45. The fourth-order valence-corrected chi connectivity index (χ4v) is 7.53. The molecule has 5 aliphatic rings. The third-order valence-electron chi connectivity index (χ3n) is 8.51. The van der Waals surface area contributed by atoms with Crippen LogP contribution in [0.15, 0.2) is 29.2 Å². The molecule has 6 rings (SSSR count). The molecule has 34 heavy (non-hydrogen) atoms. The van der Waals surface area contributed by atoms with Crippen molar-refractivity contribution in [3.63, 3.8) is 0 Å². The van der Waals surface area contributed by atoms with E-state index in [-0.39, 0.29) is 35.2 Å². The van der Waals surface area contributed by atoms with E-state index in [9.17, 15) is 13.2 Å². The Morgan fingerprint density at radius 1 is 1.12 bits per heavy atom. The summed E-state index contributed by atoms with van der Waals surface area (Å²) in [5.41, 5.74) is -0.307. The largest absolute Gasteiger partial charge is 0.346 e. The van der Waals surface area contributed by atoms with Crippen LogP contribution in [0.3, 0.4) is 0 Å². The standard InChI is InChI=1S/C25H35NO7S/c1-15-9-10-18-16(2)20(30-23-25(18)17(15)13-14-24(3,31-23)32-33-25)11-12-22(27)26-19-7-5-6-8-21(19)34(4,28)29/h5-8,15-18,20,23H,9-14H2,1-4H3,(H,26,27)/t15-,16-,17+,18+,20-,23-,24+,25-/m1/s1. The molecule has 4 aliphatic heterocycles. The second-order valence-corrected chi connectivity index (χ2v) is 12.8. The molecule has 1 aliphatic carbocycles. The summed E-state index contributed by atoms with van der Waals surface area (Å²) in [7, 11) is -3.45. The molecule has 0 radical (unpaired) electrons. The molecule has 9 heteroatoms. The monoisotopic (exact) mass is 493 g/mol. The number of benzene rings is 1. The zero-order chi connectivity index (χ0) is 24.3. The number of para-hydroxylation sites is 1. The number of amides is 1. The molecule has 8 atom stereocenters. The van der Waals surface area contributed by atoms with Gasteiger partial charge in [0.25, 0.3) is 0 Å². The van der Waals surface area contributed by atoms with Crippen molar-refractivity contribution in [2.45, 2.75) is 88.0 Å². The molecule has 1 N–H and O–H groups in total. The SMILES string of the molecule is C[C@H]1[C@@H](CCC(=O)Nc2ccccc2S(C)(=O)=O)O[C@@H]2O[C@]3(C)CC[C@H]4[C@H](C)CC[C@@H]1[C@@]24OO3. The van der Waals surface area contributed by atoms with Crippen molar-refractivity contribution >= 4 is 21.4 Å². The number of nitrogens with one attached hydrogen (secondary N) is 1. The third kappa shape index (κ3) is 3.99. The van der Waals surface area contributed by atoms with Crippen molar-refractivity contribution in [2.75, 3.05) is 11.6 Å². The number of fused-ring (bicyclic) bond motifs is 2. The van der Waals surface area contributed by atoms with Gasteiger partial charge in [0, 0.05) is 25.0 Å². The van der Waals surface area contributed by atoms with Crippen LogP contribution in [0, 0.1) is 23.7 Å². The van der Waals surface area contributed by atoms with Gasteiger partial charge in [0.2, 0.25) is 11.7 Å². The number of hydrogen-bond donors (Lipinski definition) is 1. The Morgan fingerprint density at radius 2 is 1.88 bits per heavy atom. The number of hydrogen-bond acceptors (Lipinski definition) is 7. The van der Waals surface area contributed by atoms with E-state index in [4.69, 9.17) is 19.2 Å². The molecule has 1 spiro atoms. The lowest BCUT2D eigenvalue weighted by Gasteiger charge is -2.60. The van der Waals surface area contributed by atoms with Gasteiger partial charge in [0.05, 0.1) is 16.7 Å². The van der Waals surface area contributed by atoms with Crippen LogP contribution in [0.1, 0.15) is 59.3 Å². The van der Waals surface area contributed by atoms with Crippen LogP contribution in [-0.2, 0) is 33.9 Å². The molecule has 1 amide bonds. The molecule has 0 aromatic heterocycles. The highest BCUT2D eigenvalue weighted by Crippen LogP contribution is 2.60. The van der Waals surface area contributed by atoms with Crippen molar-refractivity contribution in [3.8, 4) is 0 Å². The van der Waals surface area contributed by atoms with Crippen molar-refractivity contribution in [1.82, 2.24) is 0 Å². The van der Waals surface area contributed by atoms with Gasteiger partial charge in [-0.25, -0.2) is 18.2 Å². The average Bonchev–Trinajstić information content (AvgIpc) is 3.01. The van der Waals surface area contributed by atoms with E-state index in [0.29, 0.717) is 23.9 Å². The lowest BCUT2D eigenvalue weighted by Crippen LogP contribution is -2.70. The highest BCUT2D eigenvalue weighted by atomic mass is 32.2. The van der Waals surface area contributed by atoms with E-state index in [1.807, 2.05) is 6.92 Å². The van der Waals surface area contributed by atoms with Gasteiger partial charge in [-0.15, -0.1) is 0 Å². The maximum absolute atomic E-state index is 12.8. The number of carbonyl (C=O) groups is 1.